The Kier molecular flexibility index (Phi) is 4.15. The molecule has 0 saturated heterocycles. The molecule has 132 valence electrons. The summed E-state index contributed by atoms with van der Waals surface area (Å²) < 4.78 is 11.7. The van der Waals surface area contributed by atoms with E-state index in [2.05, 4.69) is 10.3 Å². The number of fused-ring (bicyclic) bond motifs is 2. The van der Waals surface area contributed by atoms with Crippen molar-refractivity contribution in [3.8, 4) is 11.5 Å². The van der Waals surface area contributed by atoms with Crippen LogP contribution in [0.1, 0.15) is 42.8 Å². The number of anilines is 1. The molecule has 0 fully saturated rings. The highest BCUT2D eigenvalue weighted by Crippen LogP contribution is 2.41. The van der Waals surface area contributed by atoms with E-state index in [0.29, 0.717) is 10.9 Å². The number of para-hydroxylation sites is 1. The maximum atomic E-state index is 12.2. The summed E-state index contributed by atoms with van der Waals surface area (Å²) in [5, 5.41) is 3.53. The van der Waals surface area contributed by atoms with Gasteiger partial charge in [0.25, 0.3) is 5.91 Å². The summed E-state index contributed by atoms with van der Waals surface area (Å²) in [6.45, 7) is 4.05. The third kappa shape index (κ3) is 3.49. The number of aromatic nitrogens is 1. The maximum Gasteiger partial charge on any atom is 0.264 e. The second kappa shape index (κ2) is 6.33. The van der Waals surface area contributed by atoms with Crippen molar-refractivity contribution in [1.29, 1.82) is 0 Å². The number of ether oxygens (including phenoxy) is 2. The molecule has 0 bridgehead atoms. The molecule has 1 aliphatic carbocycles. The molecule has 1 aromatic carbocycles. The molecule has 0 unspecified atom stereocenters. The van der Waals surface area contributed by atoms with Crippen LogP contribution >= 0.6 is 11.3 Å². The zero-order chi connectivity index (χ0) is 17.4. The fraction of sp³-hybridized carbons (Fsp3) is 0.474. The SMILES string of the molecule is CC1(C)Cc2cccc(OCC(=O)Nc3nc4c(s3)CCCC4)c2O1. The topological polar surface area (TPSA) is 60.5 Å². The summed E-state index contributed by atoms with van der Waals surface area (Å²) in [5.74, 6) is 1.18. The molecule has 25 heavy (non-hydrogen) atoms. The molecule has 1 aromatic heterocycles. The first-order chi connectivity index (χ1) is 12.0. The monoisotopic (exact) mass is 358 g/mol. The van der Waals surface area contributed by atoms with Crippen LogP contribution in [-0.4, -0.2) is 23.1 Å². The van der Waals surface area contributed by atoms with Gasteiger partial charge in [-0.1, -0.05) is 12.1 Å². The van der Waals surface area contributed by atoms with Crippen molar-refractivity contribution in [2.24, 2.45) is 0 Å². The number of nitrogens with zero attached hydrogens (tertiary/aromatic N) is 1. The van der Waals surface area contributed by atoms with Crippen molar-refractivity contribution in [2.45, 2.75) is 51.6 Å². The maximum absolute atomic E-state index is 12.2. The van der Waals surface area contributed by atoms with Crippen molar-refractivity contribution >= 4 is 22.4 Å². The lowest BCUT2D eigenvalue weighted by molar-refractivity contribution is -0.118. The minimum atomic E-state index is -0.232. The lowest BCUT2D eigenvalue weighted by Gasteiger charge is -2.18. The highest BCUT2D eigenvalue weighted by atomic mass is 32.1. The smallest absolute Gasteiger partial charge is 0.264 e. The Balaban J connectivity index is 1.38. The number of hydrogen-bond acceptors (Lipinski definition) is 5. The van der Waals surface area contributed by atoms with Crippen molar-refractivity contribution in [3.63, 3.8) is 0 Å². The fourth-order valence-electron chi connectivity index (χ4n) is 3.41. The predicted molar refractivity (Wildman–Crippen MR) is 97.7 cm³/mol. The van der Waals surface area contributed by atoms with Gasteiger partial charge in [0.15, 0.2) is 23.2 Å². The lowest BCUT2D eigenvalue weighted by Crippen LogP contribution is -2.25. The summed E-state index contributed by atoms with van der Waals surface area (Å²) in [6.07, 6.45) is 5.32. The van der Waals surface area contributed by atoms with Crippen LogP contribution in [0.2, 0.25) is 0 Å². The second-order valence-corrected chi connectivity index (χ2v) is 8.30. The van der Waals surface area contributed by atoms with Gasteiger partial charge in [-0.25, -0.2) is 4.98 Å². The van der Waals surface area contributed by atoms with Crippen LogP contribution < -0.4 is 14.8 Å². The molecular weight excluding hydrogens is 336 g/mol. The summed E-state index contributed by atoms with van der Waals surface area (Å²) >= 11 is 1.58. The largest absolute Gasteiger partial charge is 0.483 e. The van der Waals surface area contributed by atoms with Gasteiger partial charge in [-0.2, -0.15) is 0 Å². The van der Waals surface area contributed by atoms with E-state index in [1.807, 2.05) is 32.0 Å². The zero-order valence-corrected chi connectivity index (χ0v) is 15.4. The normalized spacial score (nSPS) is 17.4. The molecule has 0 radical (unpaired) electrons. The third-order valence-corrected chi connectivity index (χ3v) is 5.58. The van der Waals surface area contributed by atoms with Crippen LogP contribution in [-0.2, 0) is 24.1 Å². The molecule has 5 nitrogen and oxygen atoms in total. The molecule has 1 amide bonds. The van der Waals surface area contributed by atoms with Crippen molar-refractivity contribution in [3.05, 3.63) is 34.3 Å². The molecule has 0 saturated carbocycles. The summed E-state index contributed by atoms with van der Waals surface area (Å²) in [7, 11) is 0. The number of carbonyl (C=O) groups excluding carboxylic acids is 1. The van der Waals surface area contributed by atoms with Crippen molar-refractivity contribution < 1.29 is 14.3 Å². The van der Waals surface area contributed by atoms with Crippen molar-refractivity contribution in [1.82, 2.24) is 4.98 Å². The molecular formula is C19H22N2O3S. The number of thiazole rings is 1. The number of nitrogens with one attached hydrogen (secondary N) is 1. The summed E-state index contributed by atoms with van der Waals surface area (Å²) in [4.78, 5) is 18.0. The predicted octanol–water partition coefficient (Wildman–Crippen LogP) is 3.75. The van der Waals surface area contributed by atoms with Gasteiger partial charge in [0.2, 0.25) is 0 Å². The van der Waals surface area contributed by atoms with Gasteiger partial charge in [0.1, 0.15) is 5.60 Å². The van der Waals surface area contributed by atoms with E-state index in [0.717, 1.165) is 36.3 Å². The first-order valence-electron chi connectivity index (χ1n) is 8.72. The Bertz CT molecular complexity index is 789. The Morgan fingerprint density at radius 3 is 3.04 bits per heavy atom. The van der Waals surface area contributed by atoms with E-state index >= 15 is 0 Å². The summed E-state index contributed by atoms with van der Waals surface area (Å²) in [5.41, 5.74) is 2.03. The molecule has 2 heterocycles. The van der Waals surface area contributed by atoms with Gasteiger partial charge in [0, 0.05) is 16.9 Å². The summed E-state index contributed by atoms with van der Waals surface area (Å²) in [6, 6.07) is 5.82. The number of carbonyl (C=O) groups is 1. The number of aryl methyl sites for hydroxylation is 2. The Morgan fingerprint density at radius 1 is 1.36 bits per heavy atom. The van der Waals surface area contributed by atoms with Gasteiger partial charge in [-0.15, -0.1) is 11.3 Å². The first kappa shape index (κ1) is 16.4. The third-order valence-electron chi connectivity index (χ3n) is 4.51. The van der Waals surface area contributed by atoms with E-state index in [1.54, 1.807) is 11.3 Å². The standard InChI is InChI=1S/C19H22N2O3S/c1-19(2)10-12-6-5-8-14(17(12)24-19)23-11-16(22)21-18-20-13-7-3-4-9-15(13)25-18/h5-6,8H,3-4,7,9-11H2,1-2H3,(H,20,21,22). The van der Waals surface area contributed by atoms with E-state index in [-0.39, 0.29) is 18.1 Å². The van der Waals surface area contributed by atoms with Crippen LogP contribution in [0.3, 0.4) is 0 Å². The molecule has 1 N–H and O–H groups in total. The minimum absolute atomic E-state index is 0.0511. The molecule has 2 aliphatic rings. The average Bonchev–Trinajstić information content (AvgIpc) is 3.10. The van der Waals surface area contributed by atoms with E-state index in [9.17, 15) is 4.79 Å². The van der Waals surface area contributed by atoms with Crippen LogP contribution in [0.25, 0.3) is 0 Å². The molecule has 1 aliphatic heterocycles. The first-order valence-corrected chi connectivity index (χ1v) is 9.54. The Morgan fingerprint density at radius 2 is 2.20 bits per heavy atom. The molecule has 4 rings (SSSR count). The zero-order valence-electron chi connectivity index (χ0n) is 14.6. The van der Waals surface area contributed by atoms with Crippen LogP contribution in [0, 0.1) is 0 Å². The number of hydrogen-bond donors (Lipinski definition) is 1. The average molecular weight is 358 g/mol. The number of amides is 1. The van der Waals surface area contributed by atoms with E-state index in [1.165, 1.54) is 17.7 Å². The van der Waals surface area contributed by atoms with Gasteiger partial charge >= 0.3 is 0 Å². The minimum Gasteiger partial charge on any atom is -0.483 e. The van der Waals surface area contributed by atoms with Gasteiger partial charge in [0.05, 0.1) is 5.69 Å². The number of rotatable bonds is 4. The van der Waals surface area contributed by atoms with Crippen LogP contribution in [0.4, 0.5) is 5.13 Å². The quantitative estimate of drug-likeness (QED) is 0.904. The Labute approximate surface area is 151 Å². The van der Waals surface area contributed by atoms with Gasteiger partial charge in [-0.3, -0.25) is 10.1 Å². The van der Waals surface area contributed by atoms with Gasteiger partial charge in [-0.05, 0) is 45.6 Å². The molecule has 0 spiro atoms. The Hall–Kier alpha value is -2.08. The van der Waals surface area contributed by atoms with Gasteiger partial charge < -0.3 is 9.47 Å². The highest BCUT2D eigenvalue weighted by molar-refractivity contribution is 7.15. The fourth-order valence-corrected chi connectivity index (χ4v) is 4.47. The van der Waals surface area contributed by atoms with Crippen LogP contribution in [0.5, 0.6) is 11.5 Å². The molecule has 0 atom stereocenters. The van der Waals surface area contributed by atoms with Crippen molar-refractivity contribution in [2.75, 3.05) is 11.9 Å². The highest BCUT2D eigenvalue weighted by Gasteiger charge is 2.32. The second-order valence-electron chi connectivity index (χ2n) is 7.22. The number of benzene rings is 1. The van der Waals surface area contributed by atoms with E-state index < -0.39 is 0 Å². The van der Waals surface area contributed by atoms with Crippen LogP contribution in [0.15, 0.2) is 18.2 Å². The molecule has 2 aromatic rings. The molecule has 6 heteroatoms. The van der Waals surface area contributed by atoms with E-state index in [4.69, 9.17) is 9.47 Å². The lowest BCUT2D eigenvalue weighted by atomic mass is 10.0.